The van der Waals surface area contributed by atoms with Crippen LogP contribution >= 0.6 is 0 Å². The molecule has 138 valence electrons. The first-order valence-electron chi connectivity index (χ1n) is 9.12. The SMILES string of the molecule is CC(=O)c1cccc2c1OB(O)[C@@H](CC(=O)CC1CCC(N)C(=O)C1)C2. The fraction of sp³-hybridized carbons (Fsp3) is 0.526. The predicted molar refractivity (Wildman–Crippen MR) is 97.1 cm³/mol. The van der Waals surface area contributed by atoms with E-state index in [1.165, 1.54) is 6.92 Å². The van der Waals surface area contributed by atoms with Crippen molar-refractivity contribution in [1.29, 1.82) is 0 Å². The molecule has 0 bridgehead atoms. The van der Waals surface area contributed by atoms with E-state index in [0.717, 1.165) is 12.0 Å². The molecular weight excluding hydrogens is 333 g/mol. The highest BCUT2D eigenvalue weighted by molar-refractivity contribution is 6.47. The van der Waals surface area contributed by atoms with Gasteiger partial charge in [-0.05, 0) is 43.7 Å². The van der Waals surface area contributed by atoms with Gasteiger partial charge in [-0.3, -0.25) is 14.4 Å². The standard InChI is InChI=1S/C19H24BNO5/c1-11(22)16-4-2-3-13-9-14(20(25)26-19(13)16)10-15(23)7-12-5-6-17(21)18(24)8-12/h2-4,12,14,17,25H,5-10,21H2,1H3/t12?,14-,17?/m1/s1. The quantitative estimate of drug-likeness (QED) is 0.614. The first-order chi connectivity index (χ1) is 12.3. The average molecular weight is 357 g/mol. The second-order valence-corrected chi connectivity index (χ2v) is 7.49. The number of nitrogens with two attached hydrogens (primary N) is 1. The molecule has 3 atom stereocenters. The summed E-state index contributed by atoms with van der Waals surface area (Å²) in [7, 11) is -1.12. The van der Waals surface area contributed by atoms with E-state index < -0.39 is 7.12 Å². The van der Waals surface area contributed by atoms with Gasteiger partial charge in [0.2, 0.25) is 0 Å². The van der Waals surface area contributed by atoms with E-state index in [9.17, 15) is 19.4 Å². The molecule has 0 aromatic heterocycles. The van der Waals surface area contributed by atoms with Crippen LogP contribution in [0.4, 0.5) is 0 Å². The van der Waals surface area contributed by atoms with E-state index in [2.05, 4.69) is 0 Å². The fourth-order valence-corrected chi connectivity index (χ4v) is 3.92. The molecule has 26 heavy (non-hydrogen) atoms. The number of benzene rings is 1. The van der Waals surface area contributed by atoms with E-state index in [4.69, 9.17) is 10.4 Å². The monoisotopic (exact) mass is 357 g/mol. The molecule has 1 aromatic carbocycles. The van der Waals surface area contributed by atoms with Gasteiger partial charge in [-0.15, -0.1) is 0 Å². The maximum atomic E-state index is 12.4. The summed E-state index contributed by atoms with van der Waals surface area (Å²) in [6, 6.07) is 4.92. The zero-order chi connectivity index (χ0) is 18.8. The Labute approximate surface area is 153 Å². The van der Waals surface area contributed by atoms with Crippen molar-refractivity contribution < 1.29 is 24.1 Å². The first-order valence-corrected chi connectivity index (χ1v) is 9.12. The van der Waals surface area contributed by atoms with Crippen LogP contribution in [0.1, 0.15) is 54.9 Å². The van der Waals surface area contributed by atoms with Gasteiger partial charge in [0.05, 0.1) is 11.6 Å². The van der Waals surface area contributed by atoms with Crippen molar-refractivity contribution >= 4 is 24.5 Å². The summed E-state index contributed by atoms with van der Waals surface area (Å²) >= 11 is 0. The molecular formula is C19H24BNO5. The second-order valence-electron chi connectivity index (χ2n) is 7.49. The highest BCUT2D eigenvalue weighted by Crippen LogP contribution is 2.37. The van der Waals surface area contributed by atoms with Gasteiger partial charge in [0.25, 0.3) is 0 Å². The lowest BCUT2D eigenvalue weighted by Gasteiger charge is -2.29. The predicted octanol–water partition coefficient (Wildman–Crippen LogP) is 1.72. The maximum Gasteiger partial charge on any atom is 0.526 e. The minimum absolute atomic E-state index is 0.0251. The second kappa shape index (κ2) is 7.72. The lowest BCUT2D eigenvalue weighted by Crippen LogP contribution is -2.38. The Kier molecular flexibility index (Phi) is 5.58. The minimum Gasteiger partial charge on any atom is -0.535 e. The number of para-hydroxylation sites is 1. The molecule has 2 aliphatic rings. The van der Waals surface area contributed by atoms with Crippen molar-refractivity contribution in [2.75, 3.05) is 0 Å². The van der Waals surface area contributed by atoms with Gasteiger partial charge < -0.3 is 15.4 Å². The molecule has 0 saturated heterocycles. The minimum atomic E-state index is -1.12. The van der Waals surface area contributed by atoms with Gasteiger partial charge >= 0.3 is 7.12 Å². The van der Waals surface area contributed by atoms with Gasteiger partial charge in [0.1, 0.15) is 17.3 Å². The Bertz CT molecular complexity index is 735. The van der Waals surface area contributed by atoms with E-state index in [-0.39, 0.29) is 41.5 Å². The fourth-order valence-electron chi connectivity index (χ4n) is 3.92. The molecule has 1 fully saturated rings. The molecule has 6 nitrogen and oxygen atoms in total. The third-order valence-electron chi connectivity index (χ3n) is 5.40. The lowest BCUT2D eigenvalue weighted by molar-refractivity contribution is -0.124. The van der Waals surface area contributed by atoms with Crippen molar-refractivity contribution in [1.82, 2.24) is 0 Å². The molecule has 1 aromatic rings. The molecule has 3 rings (SSSR count). The first kappa shape index (κ1) is 18.8. The van der Waals surface area contributed by atoms with Crippen molar-refractivity contribution in [3.63, 3.8) is 0 Å². The van der Waals surface area contributed by atoms with Crippen LogP contribution in [0.5, 0.6) is 5.75 Å². The van der Waals surface area contributed by atoms with E-state index in [0.29, 0.717) is 37.0 Å². The molecule has 7 heteroatoms. The summed E-state index contributed by atoms with van der Waals surface area (Å²) in [4.78, 5) is 35.9. The smallest absolute Gasteiger partial charge is 0.526 e. The van der Waals surface area contributed by atoms with Crippen LogP contribution in [0, 0.1) is 5.92 Å². The summed E-state index contributed by atoms with van der Waals surface area (Å²) in [5, 5.41) is 10.3. The lowest BCUT2D eigenvalue weighted by atomic mass is 9.64. The van der Waals surface area contributed by atoms with Gasteiger partial charge in [0.15, 0.2) is 5.78 Å². The molecule has 1 saturated carbocycles. The van der Waals surface area contributed by atoms with Crippen LogP contribution in [0.3, 0.4) is 0 Å². The van der Waals surface area contributed by atoms with Crippen LogP contribution in [-0.4, -0.2) is 35.5 Å². The number of hydrogen-bond acceptors (Lipinski definition) is 6. The average Bonchev–Trinajstić information content (AvgIpc) is 2.58. The van der Waals surface area contributed by atoms with E-state index in [1.54, 1.807) is 12.1 Å². The zero-order valence-corrected chi connectivity index (χ0v) is 14.9. The third-order valence-corrected chi connectivity index (χ3v) is 5.40. The number of ketones is 3. The Morgan fingerprint density at radius 3 is 2.73 bits per heavy atom. The van der Waals surface area contributed by atoms with Gasteiger partial charge in [-0.2, -0.15) is 0 Å². The Hall–Kier alpha value is -1.99. The van der Waals surface area contributed by atoms with Crippen LogP contribution in [0.25, 0.3) is 0 Å². The molecule has 0 amide bonds. The summed E-state index contributed by atoms with van der Waals surface area (Å²) in [5.74, 6) is 0.0523. The molecule has 1 heterocycles. The van der Waals surface area contributed by atoms with Crippen LogP contribution in [-0.2, 0) is 16.0 Å². The largest absolute Gasteiger partial charge is 0.535 e. The summed E-state index contributed by atoms with van der Waals surface area (Å²) in [6.07, 6.45) is 2.79. The van der Waals surface area contributed by atoms with Crippen molar-refractivity contribution in [2.24, 2.45) is 11.7 Å². The van der Waals surface area contributed by atoms with Crippen LogP contribution in [0.2, 0.25) is 5.82 Å². The molecule has 3 N–H and O–H groups in total. The van der Waals surface area contributed by atoms with Crippen LogP contribution < -0.4 is 10.4 Å². The van der Waals surface area contributed by atoms with E-state index >= 15 is 0 Å². The van der Waals surface area contributed by atoms with E-state index in [1.807, 2.05) is 6.07 Å². The number of hydrogen-bond donors (Lipinski definition) is 2. The third kappa shape index (κ3) is 4.05. The summed E-state index contributed by atoms with van der Waals surface area (Å²) < 4.78 is 5.57. The number of carbonyl (C=O) groups is 3. The molecule has 2 unspecified atom stereocenters. The highest BCUT2D eigenvalue weighted by atomic mass is 16.5. The summed E-state index contributed by atoms with van der Waals surface area (Å²) in [6.45, 7) is 1.46. The molecule has 0 spiro atoms. The van der Waals surface area contributed by atoms with Gasteiger partial charge in [-0.25, -0.2) is 0 Å². The Morgan fingerprint density at radius 1 is 1.27 bits per heavy atom. The molecule has 0 radical (unpaired) electrons. The Balaban J connectivity index is 1.62. The van der Waals surface area contributed by atoms with Crippen molar-refractivity contribution in [3.8, 4) is 5.75 Å². The number of Topliss-reactive ketones (excluding diaryl/α,β-unsaturated/α-hetero) is 3. The maximum absolute atomic E-state index is 12.4. The molecule has 1 aliphatic heterocycles. The van der Waals surface area contributed by atoms with Crippen molar-refractivity contribution in [2.45, 2.75) is 57.3 Å². The number of rotatable bonds is 5. The normalized spacial score (nSPS) is 25.4. The summed E-state index contributed by atoms with van der Waals surface area (Å²) in [5.41, 5.74) is 6.99. The van der Waals surface area contributed by atoms with Crippen LogP contribution in [0.15, 0.2) is 18.2 Å². The number of fused-ring (bicyclic) bond motifs is 1. The van der Waals surface area contributed by atoms with Gasteiger partial charge in [0, 0.05) is 25.1 Å². The highest BCUT2D eigenvalue weighted by Gasteiger charge is 2.38. The van der Waals surface area contributed by atoms with Gasteiger partial charge in [-0.1, -0.05) is 12.1 Å². The molecule has 1 aliphatic carbocycles. The Morgan fingerprint density at radius 2 is 2.04 bits per heavy atom. The van der Waals surface area contributed by atoms with Crippen molar-refractivity contribution in [3.05, 3.63) is 29.3 Å². The zero-order valence-electron chi connectivity index (χ0n) is 14.9. The topological polar surface area (TPSA) is 107 Å². The number of carbonyl (C=O) groups excluding carboxylic acids is 3.